The SMILES string of the molecule is Cc1onc(-c2c(Cl)cccc2Cl)c1C(=O)NCCC[NH+](C)C. The lowest BCUT2D eigenvalue weighted by atomic mass is 10.1. The monoisotopic (exact) mass is 356 g/mol. The van der Waals surface area contributed by atoms with Crippen LogP contribution in [0.4, 0.5) is 0 Å². The van der Waals surface area contributed by atoms with Crippen LogP contribution < -0.4 is 10.2 Å². The number of nitrogens with zero attached hydrogens (tertiary/aromatic N) is 1. The lowest BCUT2D eigenvalue weighted by Crippen LogP contribution is -3.05. The van der Waals surface area contributed by atoms with Crippen LogP contribution in [0.1, 0.15) is 22.5 Å². The van der Waals surface area contributed by atoms with Crippen molar-refractivity contribution in [1.29, 1.82) is 0 Å². The highest BCUT2D eigenvalue weighted by Crippen LogP contribution is 2.36. The summed E-state index contributed by atoms with van der Waals surface area (Å²) in [5.74, 6) is 0.204. The summed E-state index contributed by atoms with van der Waals surface area (Å²) in [6.45, 7) is 3.26. The van der Waals surface area contributed by atoms with Gasteiger partial charge in [0.1, 0.15) is 17.0 Å². The van der Waals surface area contributed by atoms with Crippen LogP contribution in [0.15, 0.2) is 22.7 Å². The maximum Gasteiger partial charge on any atom is 0.257 e. The van der Waals surface area contributed by atoms with E-state index in [0.717, 1.165) is 13.0 Å². The predicted molar refractivity (Wildman–Crippen MR) is 91.3 cm³/mol. The standard InChI is InChI=1S/C16H19Cl2N3O2/c1-10-13(16(22)19-8-5-9-21(2)3)15(20-23-10)14-11(17)6-4-7-12(14)18/h4,6-7H,5,8-9H2,1-3H3,(H,19,22)/p+1. The van der Waals surface area contributed by atoms with Gasteiger partial charge in [-0.15, -0.1) is 0 Å². The molecule has 1 heterocycles. The third kappa shape index (κ3) is 4.25. The summed E-state index contributed by atoms with van der Waals surface area (Å²) in [4.78, 5) is 13.8. The van der Waals surface area contributed by atoms with Crippen LogP contribution >= 0.6 is 23.2 Å². The van der Waals surface area contributed by atoms with Crippen molar-refractivity contribution in [2.24, 2.45) is 0 Å². The minimum absolute atomic E-state index is 0.233. The predicted octanol–water partition coefficient (Wildman–Crippen LogP) is 2.22. The largest absolute Gasteiger partial charge is 0.360 e. The van der Waals surface area contributed by atoms with Crippen LogP contribution in [-0.4, -0.2) is 38.2 Å². The second kappa shape index (κ2) is 7.81. The minimum Gasteiger partial charge on any atom is -0.360 e. The second-order valence-electron chi connectivity index (χ2n) is 5.63. The van der Waals surface area contributed by atoms with Crippen LogP contribution in [-0.2, 0) is 0 Å². The zero-order valence-electron chi connectivity index (χ0n) is 13.4. The summed E-state index contributed by atoms with van der Waals surface area (Å²) in [6.07, 6.45) is 0.889. The maximum absolute atomic E-state index is 12.5. The fraction of sp³-hybridized carbons (Fsp3) is 0.375. The molecule has 1 aromatic carbocycles. The van der Waals surface area contributed by atoms with E-state index in [1.54, 1.807) is 25.1 Å². The number of benzene rings is 1. The number of aromatic nitrogens is 1. The van der Waals surface area contributed by atoms with Crippen molar-refractivity contribution in [2.45, 2.75) is 13.3 Å². The van der Waals surface area contributed by atoms with Crippen molar-refractivity contribution in [3.63, 3.8) is 0 Å². The van der Waals surface area contributed by atoms with Gasteiger partial charge in [-0.2, -0.15) is 0 Å². The van der Waals surface area contributed by atoms with E-state index >= 15 is 0 Å². The fourth-order valence-corrected chi connectivity index (χ4v) is 2.84. The molecule has 7 heteroatoms. The zero-order valence-corrected chi connectivity index (χ0v) is 14.9. The van der Waals surface area contributed by atoms with E-state index in [4.69, 9.17) is 27.7 Å². The molecule has 0 aliphatic heterocycles. The molecule has 2 rings (SSSR count). The first-order valence-corrected chi connectivity index (χ1v) is 8.15. The number of amides is 1. The third-order valence-corrected chi connectivity index (χ3v) is 4.06. The van der Waals surface area contributed by atoms with Crippen molar-refractivity contribution >= 4 is 29.1 Å². The van der Waals surface area contributed by atoms with E-state index in [2.05, 4.69) is 24.6 Å². The van der Waals surface area contributed by atoms with E-state index in [0.29, 0.717) is 39.2 Å². The van der Waals surface area contributed by atoms with E-state index in [-0.39, 0.29) is 5.91 Å². The van der Waals surface area contributed by atoms with Crippen LogP contribution in [0.25, 0.3) is 11.3 Å². The van der Waals surface area contributed by atoms with Crippen LogP contribution in [0.5, 0.6) is 0 Å². The molecule has 124 valence electrons. The maximum atomic E-state index is 12.5. The Morgan fingerprint density at radius 1 is 1.30 bits per heavy atom. The molecule has 0 saturated carbocycles. The highest BCUT2D eigenvalue weighted by molar-refractivity contribution is 6.39. The molecule has 0 radical (unpaired) electrons. The van der Waals surface area contributed by atoms with Gasteiger partial charge in [-0.1, -0.05) is 34.4 Å². The molecule has 1 aromatic heterocycles. The molecule has 5 nitrogen and oxygen atoms in total. The molecule has 1 amide bonds. The average molecular weight is 357 g/mol. The molecular formula is C16H20Cl2N3O2+. The summed E-state index contributed by atoms with van der Waals surface area (Å²) >= 11 is 12.4. The van der Waals surface area contributed by atoms with Gasteiger partial charge < -0.3 is 14.7 Å². The summed E-state index contributed by atoms with van der Waals surface area (Å²) < 4.78 is 5.19. The van der Waals surface area contributed by atoms with E-state index in [1.165, 1.54) is 4.90 Å². The molecule has 0 fully saturated rings. The van der Waals surface area contributed by atoms with Gasteiger partial charge >= 0.3 is 0 Å². The van der Waals surface area contributed by atoms with Crippen LogP contribution in [0.2, 0.25) is 10.0 Å². The van der Waals surface area contributed by atoms with Gasteiger partial charge in [0, 0.05) is 18.5 Å². The summed E-state index contributed by atoms with van der Waals surface area (Å²) in [6, 6.07) is 5.15. The average Bonchev–Trinajstić information content (AvgIpc) is 2.85. The van der Waals surface area contributed by atoms with Gasteiger partial charge in [0.2, 0.25) is 0 Å². The molecular weight excluding hydrogens is 337 g/mol. The molecule has 0 unspecified atom stereocenters. The number of carbonyl (C=O) groups is 1. The van der Waals surface area contributed by atoms with Crippen molar-refractivity contribution < 1.29 is 14.2 Å². The molecule has 0 saturated heterocycles. The number of quaternary nitrogens is 1. The molecule has 2 aromatic rings. The van der Waals surface area contributed by atoms with Gasteiger partial charge in [-0.3, -0.25) is 4.79 Å². The normalized spacial score (nSPS) is 11.0. The Bertz CT molecular complexity index is 678. The zero-order chi connectivity index (χ0) is 17.0. The first-order valence-electron chi connectivity index (χ1n) is 7.39. The number of halogens is 2. The smallest absolute Gasteiger partial charge is 0.257 e. The highest BCUT2D eigenvalue weighted by atomic mass is 35.5. The second-order valence-corrected chi connectivity index (χ2v) is 6.44. The van der Waals surface area contributed by atoms with Gasteiger partial charge in [0.15, 0.2) is 0 Å². The van der Waals surface area contributed by atoms with Crippen molar-refractivity contribution in [2.75, 3.05) is 27.2 Å². The number of hydrogen-bond donors (Lipinski definition) is 2. The fourth-order valence-electron chi connectivity index (χ4n) is 2.27. The molecule has 2 N–H and O–H groups in total. The lowest BCUT2D eigenvalue weighted by molar-refractivity contribution is -0.858. The van der Waals surface area contributed by atoms with E-state index in [1.807, 2.05) is 0 Å². The number of nitrogens with one attached hydrogen (secondary N) is 2. The van der Waals surface area contributed by atoms with E-state index < -0.39 is 0 Å². The van der Waals surface area contributed by atoms with E-state index in [9.17, 15) is 4.79 Å². The Hall–Kier alpha value is -1.56. The molecule has 0 aliphatic rings. The molecule has 0 atom stereocenters. The lowest BCUT2D eigenvalue weighted by Gasteiger charge is -2.09. The van der Waals surface area contributed by atoms with Crippen molar-refractivity contribution in [3.05, 3.63) is 39.6 Å². The van der Waals surface area contributed by atoms with Crippen molar-refractivity contribution in [1.82, 2.24) is 10.5 Å². The van der Waals surface area contributed by atoms with Gasteiger partial charge in [0.25, 0.3) is 5.91 Å². The summed E-state index contributed by atoms with van der Waals surface area (Å²) in [5.41, 5.74) is 1.25. The number of carbonyl (C=O) groups excluding carboxylic acids is 1. The van der Waals surface area contributed by atoms with Gasteiger partial charge in [0.05, 0.1) is 30.7 Å². The third-order valence-electron chi connectivity index (χ3n) is 3.43. The molecule has 0 spiro atoms. The Balaban J connectivity index is 2.24. The van der Waals surface area contributed by atoms with Crippen LogP contribution in [0, 0.1) is 6.92 Å². The Kier molecular flexibility index (Phi) is 6.04. The number of rotatable bonds is 6. The Labute approximate surface area is 145 Å². The van der Waals surface area contributed by atoms with Crippen molar-refractivity contribution in [3.8, 4) is 11.3 Å². The number of aryl methyl sites for hydroxylation is 1. The minimum atomic E-state index is -0.233. The quantitative estimate of drug-likeness (QED) is 0.780. The summed E-state index contributed by atoms with van der Waals surface area (Å²) in [7, 11) is 4.15. The molecule has 0 bridgehead atoms. The van der Waals surface area contributed by atoms with Gasteiger partial charge in [-0.25, -0.2) is 0 Å². The molecule has 23 heavy (non-hydrogen) atoms. The first kappa shape index (κ1) is 17.8. The summed E-state index contributed by atoms with van der Waals surface area (Å²) in [5, 5.41) is 7.72. The topological polar surface area (TPSA) is 59.6 Å². The first-order chi connectivity index (χ1) is 10.9. The Morgan fingerprint density at radius 2 is 1.96 bits per heavy atom. The van der Waals surface area contributed by atoms with Gasteiger partial charge in [-0.05, 0) is 19.1 Å². The molecule has 0 aliphatic carbocycles. The number of hydrogen-bond acceptors (Lipinski definition) is 3. The van der Waals surface area contributed by atoms with Crippen LogP contribution in [0.3, 0.4) is 0 Å². The Morgan fingerprint density at radius 3 is 2.57 bits per heavy atom. The highest BCUT2D eigenvalue weighted by Gasteiger charge is 2.24.